The monoisotopic (exact) mass is 330 g/mol. The van der Waals surface area contributed by atoms with Gasteiger partial charge in [-0.1, -0.05) is 0 Å². The van der Waals surface area contributed by atoms with Crippen molar-refractivity contribution < 1.29 is 19.9 Å². The smallest absolute Gasteiger partial charge is 0.326 e. The minimum absolute atomic E-state index is 0.0813. The van der Waals surface area contributed by atoms with Gasteiger partial charge in [-0.3, -0.25) is 10.1 Å². The lowest BCUT2D eigenvalue weighted by atomic mass is 10.2. The molecule has 1 aromatic carbocycles. The van der Waals surface area contributed by atoms with Crippen LogP contribution in [-0.4, -0.2) is 39.8 Å². The van der Waals surface area contributed by atoms with Crippen molar-refractivity contribution >= 4 is 33.3 Å². The van der Waals surface area contributed by atoms with E-state index in [1.807, 2.05) is 0 Å². The molecule has 1 saturated heterocycles. The van der Waals surface area contributed by atoms with Crippen LogP contribution in [0.4, 0.5) is 11.4 Å². The maximum absolute atomic E-state index is 11.1. The number of carbonyl (C=O) groups is 1. The Morgan fingerprint density at radius 2 is 2.21 bits per heavy atom. The van der Waals surface area contributed by atoms with Gasteiger partial charge in [0.2, 0.25) is 0 Å². The molecule has 2 rings (SSSR count). The first kappa shape index (κ1) is 13.8. The zero-order chi connectivity index (χ0) is 14.2. The molecule has 1 fully saturated rings. The number of halogens is 1. The summed E-state index contributed by atoms with van der Waals surface area (Å²) in [6, 6.07) is 3.28. The van der Waals surface area contributed by atoms with Crippen molar-refractivity contribution in [2.75, 3.05) is 11.4 Å². The van der Waals surface area contributed by atoms with Crippen LogP contribution in [0.1, 0.15) is 6.42 Å². The number of hydrogen-bond donors (Lipinski definition) is 2. The standard InChI is InChI=1S/C11H11BrN2O5/c12-8-3-6(14(18)19)1-2-9(8)13-5-7(15)4-10(13)11(16)17/h1-3,7,10,15H,4-5H2,(H,16,17). The van der Waals surface area contributed by atoms with Crippen molar-refractivity contribution in [2.24, 2.45) is 0 Å². The van der Waals surface area contributed by atoms with E-state index in [1.165, 1.54) is 23.1 Å². The van der Waals surface area contributed by atoms with Crippen LogP contribution in [0.15, 0.2) is 22.7 Å². The van der Waals surface area contributed by atoms with Crippen LogP contribution >= 0.6 is 15.9 Å². The molecule has 19 heavy (non-hydrogen) atoms. The Morgan fingerprint density at radius 1 is 1.53 bits per heavy atom. The molecule has 0 aliphatic carbocycles. The highest BCUT2D eigenvalue weighted by molar-refractivity contribution is 9.10. The number of aliphatic hydroxyl groups excluding tert-OH is 1. The molecule has 0 aromatic heterocycles. The third-order valence-electron chi connectivity index (χ3n) is 3.02. The molecule has 1 aromatic rings. The summed E-state index contributed by atoms with van der Waals surface area (Å²) in [7, 11) is 0. The number of β-amino-alcohol motifs (C(OH)–C–C–N with tert-alkyl or cyclic N) is 1. The SMILES string of the molecule is O=C(O)C1CC(O)CN1c1ccc([N+](=O)[O-])cc1Br. The van der Waals surface area contributed by atoms with E-state index in [1.54, 1.807) is 0 Å². The molecule has 8 heteroatoms. The zero-order valence-electron chi connectivity index (χ0n) is 9.69. The van der Waals surface area contributed by atoms with Crippen LogP contribution in [-0.2, 0) is 4.79 Å². The predicted molar refractivity (Wildman–Crippen MR) is 70.2 cm³/mol. The minimum Gasteiger partial charge on any atom is -0.480 e. The minimum atomic E-state index is -1.03. The average Bonchev–Trinajstić information content (AvgIpc) is 2.71. The summed E-state index contributed by atoms with van der Waals surface area (Å²) in [5.74, 6) is -1.03. The van der Waals surface area contributed by atoms with E-state index >= 15 is 0 Å². The van der Waals surface area contributed by atoms with Gasteiger partial charge in [0.05, 0.1) is 16.7 Å². The molecule has 0 spiro atoms. The fourth-order valence-corrected chi connectivity index (χ4v) is 2.75. The molecule has 2 N–H and O–H groups in total. The fraction of sp³-hybridized carbons (Fsp3) is 0.364. The van der Waals surface area contributed by atoms with Crippen LogP contribution in [0.25, 0.3) is 0 Å². The lowest BCUT2D eigenvalue weighted by Gasteiger charge is -2.24. The van der Waals surface area contributed by atoms with Gasteiger partial charge in [-0.25, -0.2) is 4.79 Å². The molecule has 1 aliphatic heterocycles. The lowest BCUT2D eigenvalue weighted by Crippen LogP contribution is -2.36. The van der Waals surface area contributed by atoms with Gasteiger partial charge in [-0.2, -0.15) is 0 Å². The highest BCUT2D eigenvalue weighted by atomic mass is 79.9. The van der Waals surface area contributed by atoms with E-state index in [9.17, 15) is 20.0 Å². The summed E-state index contributed by atoms with van der Waals surface area (Å²) < 4.78 is 0.432. The van der Waals surface area contributed by atoms with Gasteiger partial charge < -0.3 is 15.1 Å². The molecule has 7 nitrogen and oxygen atoms in total. The number of aliphatic hydroxyl groups is 1. The van der Waals surface area contributed by atoms with Crippen LogP contribution in [0.5, 0.6) is 0 Å². The second-order valence-electron chi connectivity index (χ2n) is 4.29. The van der Waals surface area contributed by atoms with Crippen LogP contribution in [0.2, 0.25) is 0 Å². The van der Waals surface area contributed by atoms with Crippen molar-refractivity contribution in [3.05, 3.63) is 32.8 Å². The molecule has 2 unspecified atom stereocenters. The van der Waals surface area contributed by atoms with Gasteiger partial charge >= 0.3 is 5.97 Å². The number of nitro groups is 1. The van der Waals surface area contributed by atoms with E-state index in [0.717, 1.165) is 0 Å². The Hall–Kier alpha value is -1.67. The largest absolute Gasteiger partial charge is 0.480 e. The van der Waals surface area contributed by atoms with Gasteiger partial charge in [0.25, 0.3) is 5.69 Å². The summed E-state index contributed by atoms with van der Waals surface area (Å²) in [6.07, 6.45) is -0.582. The molecule has 102 valence electrons. The number of benzene rings is 1. The number of hydrogen-bond acceptors (Lipinski definition) is 5. The molecule has 0 amide bonds. The van der Waals surface area contributed by atoms with E-state index in [-0.39, 0.29) is 18.7 Å². The van der Waals surface area contributed by atoms with Crippen molar-refractivity contribution in [2.45, 2.75) is 18.6 Å². The Labute approximate surface area is 116 Å². The van der Waals surface area contributed by atoms with Gasteiger partial charge in [0.15, 0.2) is 0 Å². The fourth-order valence-electron chi connectivity index (χ4n) is 2.16. The van der Waals surface area contributed by atoms with Crippen LogP contribution in [0.3, 0.4) is 0 Å². The number of carboxylic acids is 1. The Kier molecular flexibility index (Phi) is 3.72. The lowest BCUT2D eigenvalue weighted by molar-refractivity contribution is -0.384. The van der Waals surface area contributed by atoms with E-state index < -0.39 is 23.0 Å². The molecule has 0 bridgehead atoms. The molecule has 0 saturated carbocycles. The summed E-state index contributed by atoms with van der Waals surface area (Å²) in [4.78, 5) is 22.8. The molecule has 0 radical (unpaired) electrons. The summed E-state index contributed by atoms with van der Waals surface area (Å²) in [6.45, 7) is 0.188. The van der Waals surface area contributed by atoms with E-state index in [0.29, 0.717) is 10.2 Å². The summed E-state index contributed by atoms with van der Waals surface area (Å²) >= 11 is 3.20. The second kappa shape index (κ2) is 5.14. The first-order valence-corrected chi connectivity index (χ1v) is 6.31. The van der Waals surface area contributed by atoms with Crippen molar-refractivity contribution in [3.8, 4) is 0 Å². The summed E-state index contributed by atoms with van der Waals surface area (Å²) in [5, 5.41) is 29.4. The number of rotatable bonds is 3. The quantitative estimate of drug-likeness (QED) is 0.641. The van der Waals surface area contributed by atoms with Crippen LogP contribution in [0, 0.1) is 10.1 Å². The number of non-ortho nitro benzene ring substituents is 1. The molecule has 1 heterocycles. The normalized spacial score (nSPS) is 22.5. The third-order valence-corrected chi connectivity index (χ3v) is 3.65. The highest BCUT2D eigenvalue weighted by Crippen LogP contribution is 2.34. The first-order chi connectivity index (χ1) is 8.90. The Morgan fingerprint density at radius 3 is 2.74 bits per heavy atom. The molecular formula is C11H11BrN2O5. The molecular weight excluding hydrogens is 320 g/mol. The van der Waals surface area contributed by atoms with Crippen molar-refractivity contribution in [3.63, 3.8) is 0 Å². The number of carboxylic acid groups (broad SMARTS) is 1. The van der Waals surface area contributed by atoms with Crippen LogP contribution < -0.4 is 4.90 Å². The topological polar surface area (TPSA) is 104 Å². The first-order valence-electron chi connectivity index (χ1n) is 5.51. The number of aliphatic carboxylic acids is 1. The zero-order valence-corrected chi connectivity index (χ0v) is 11.3. The Balaban J connectivity index is 2.36. The third kappa shape index (κ3) is 2.69. The number of nitro benzene ring substituents is 1. The van der Waals surface area contributed by atoms with Gasteiger partial charge in [0, 0.05) is 29.6 Å². The Bertz CT molecular complexity index is 536. The van der Waals surface area contributed by atoms with E-state index in [4.69, 9.17) is 5.11 Å². The number of nitrogens with zero attached hydrogens (tertiary/aromatic N) is 2. The van der Waals surface area contributed by atoms with Gasteiger partial charge in [0.1, 0.15) is 6.04 Å². The molecule has 2 atom stereocenters. The maximum Gasteiger partial charge on any atom is 0.326 e. The summed E-state index contributed by atoms with van der Waals surface area (Å²) in [5.41, 5.74) is 0.441. The average molecular weight is 331 g/mol. The predicted octanol–water partition coefficient (Wildman–Crippen LogP) is 1.38. The maximum atomic E-state index is 11.1. The van der Waals surface area contributed by atoms with E-state index in [2.05, 4.69) is 15.9 Å². The van der Waals surface area contributed by atoms with Gasteiger partial charge in [-0.05, 0) is 22.0 Å². The number of anilines is 1. The van der Waals surface area contributed by atoms with Gasteiger partial charge in [-0.15, -0.1) is 0 Å². The molecule has 1 aliphatic rings. The second-order valence-corrected chi connectivity index (χ2v) is 5.14. The van der Waals surface area contributed by atoms with Crippen molar-refractivity contribution in [1.29, 1.82) is 0 Å². The highest BCUT2D eigenvalue weighted by Gasteiger charge is 2.37. The van der Waals surface area contributed by atoms with Crippen molar-refractivity contribution in [1.82, 2.24) is 0 Å².